The zero-order valence-corrected chi connectivity index (χ0v) is 15.0. The van der Waals surface area contributed by atoms with Crippen LogP contribution in [0.25, 0.3) is 11.3 Å². The molecule has 1 amide bonds. The standard InChI is InChI=1S/C21H20FN3O2/c1-27-15-10-8-14(9-11-15)19-18(12-13-6-7-13)23-21(24-19)25-20(26)16-4-2-3-5-17(16)22/h2-5,8-11,13H,6-7,12H2,1H3,(H2,23,24,25,26). The van der Waals surface area contributed by atoms with Gasteiger partial charge in [-0.2, -0.15) is 0 Å². The molecule has 3 aromatic rings. The number of ether oxygens (including phenoxy) is 1. The molecule has 2 aromatic carbocycles. The van der Waals surface area contributed by atoms with Crippen LogP contribution in [0.4, 0.5) is 10.3 Å². The van der Waals surface area contributed by atoms with Gasteiger partial charge in [0, 0.05) is 11.3 Å². The quantitative estimate of drug-likeness (QED) is 0.679. The number of imidazole rings is 1. The van der Waals surface area contributed by atoms with Gasteiger partial charge in [0.15, 0.2) is 0 Å². The first-order chi connectivity index (χ1) is 13.1. The van der Waals surface area contributed by atoms with Gasteiger partial charge in [0.1, 0.15) is 11.6 Å². The van der Waals surface area contributed by atoms with Gasteiger partial charge in [-0.1, -0.05) is 12.1 Å². The summed E-state index contributed by atoms with van der Waals surface area (Å²) < 4.78 is 19.0. The topological polar surface area (TPSA) is 67.0 Å². The highest BCUT2D eigenvalue weighted by atomic mass is 19.1. The normalized spacial score (nSPS) is 13.4. The number of aromatic amines is 1. The molecule has 1 fully saturated rings. The average molecular weight is 365 g/mol. The van der Waals surface area contributed by atoms with E-state index < -0.39 is 11.7 Å². The molecule has 138 valence electrons. The molecular weight excluding hydrogens is 345 g/mol. The number of hydrogen-bond donors (Lipinski definition) is 2. The van der Waals surface area contributed by atoms with E-state index in [9.17, 15) is 9.18 Å². The van der Waals surface area contributed by atoms with Crippen molar-refractivity contribution in [2.24, 2.45) is 5.92 Å². The summed E-state index contributed by atoms with van der Waals surface area (Å²) in [5, 5.41) is 2.68. The van der Waals surface area contributed by atoms with E-state index in [2.05, 4.69) is 15.3 Å². The van der Waals surface area contributed by atoms with E-state index in [0.29, 0.717) is 11.9 Å². The van der Waals surface area contributed by atoms with Gasteiger partial charge in [-0.3, -0.25) is 10.1 Å². The lowest BCUT2D eigenvalue weighted by atomic mass is 10.1. The molecule has 1 saturated carbocycles. The van der Waals surface area contributed by atoms with Crippen molar-refractivity contribution in [1.82, 2.24) is 9.97 Å². The van der Waals surface area contributed by atoms with Gasteiger partial charge in [0.2, 0.25) is 5.95 Å². The van der Waals surface area contributed by atoms with Crippen LogP contribution in [0.1, 0.15) is 28.9 Å². The number of nitrogens with zero attached hydrogens (tertiary/aromatic N) is 1. The molecule has 5 nitrogen and oxygen atoms in total. The fourth-order valence-corrected chi connectivity index (χ4v) is 3.03. The summed E-state index contributed by atoms with van der Waals surface area (Å²) in [7, 11) is 1.62. The molecule has 0 saturated heterocycles. The van der Waals surface area contributed by atoms with E-state index in [1.54, 1.807) is 19.2 Å². The number of benzene rings is 2. The maximum Gasteiger partial charge on any atom is 0.260 e. The Hall–Kier alpha value is -3.15. The van der Waals surface area contributed by atoms with Crippen LogP contribution in [-0.4, -0.2) is 23.0 Å². The Bertz CT molecular complexity index is 962. The third-order valence-corrected chi connectivity index (χ3v) is 4.68. The Kier molecular flexibility index (Phi) is 4.62. The van der Waals surface area contributed by atoms with E-state index in [1.165, 1.54) is 25.0 Å². The number of carbonyl (C=O) groups excluding carboxylic acids is 1. The van der Waals surface area contributed by atoms with E-state index >= 15 is 0 Å². The van der Waals surface area contributed by atoms with Crippen molar-refractivity contribution in [3.63, 3.8) is 0 Å². The van der Waals surface area contributed by atoms with E-state index in [4.69, 9.17) is 4.74 Å². The number of nitrogens with one attached hydrogen (secondary N) is 2. The molecular formula is C21H20FN3O2. The van der Waals surface area contributed by atoms with Crippen LogP contribution in [-0.2, 0) is 6.42 Å². The molecule has 6 heteroatoms. The molecule has 0 atom stereocenters. The lowest BCUT2D eigenvalue weighted by Crippen LogP contribution is -2.14. The van der Waals surface area contributed by atoms with Gasteiger partial charge in [0.25, 0.3) is 5.91 Å². The Morgan fingerprint density at radius 2 is 1.96 bits per heavy atom. The van der Waals surface area contributed by atoms with Gasteiger partial charge in [-0.15, -0.1) is 0 Å². The second-order valence-electron chi connectivity index (χ2n) is 6.72. The first-order valence-electron chi connectivity index (χ1n) is 8.93. The fourth-order valence-electron chi connectivity index (χ4n) is 3.03. The highest BCUT2D eigenvalue weighted by Crippen LogP contribution is 2.35. The summed E-state index contributed by atoms with van der Waals surface area (Å²) in [5.41, 5.74) is 2.71. The van der Waals surface area contributed by atoms with Gasteiger partial charge in [-0.05, 0) is 61.6 Å². The molecule has 1 aromatic heterocycles. The molecule has 4 rings (SSSR count). The van der Waals surface area contributed by atoms with Crippen LogP contribution in [0, 0.1) is 11.7 Å². The average Bonchev–Trinajstić information content (AvgIpc) is 3.41. The van der Waals surface area contributed by atoms with Gasteiger partial charge < -0.3 is 9.72 Å². The third kappa shape index (κ3) is 3.84. The van der Waals surface area contributed by atoms with Crippen molar-refractivity contribution in [2.45, 2.75) is 19.3 Å². The van der Waals surface area contributed by atoms with E-state index in [-0.39, 0.29) is 5.56 Å². The molecule has 1 aliphatic rings. The lowest BCUT2D eigenvalue weighted by molar-refractivity contribution is 0.102. The smallest absolute Gasteiger partial charge is 0.260 e. The largest absolute Gasteiger partial charge is 0.497 e. The number of rotatable bonds is 6. The molecule has 0 spiro atoms. The summed E-state index contributed by atoms with van der Waals surface area (Å²) in [6.07, 6.45) is 3.29. The van der Waals surface area contributed by atoms with Crippen LogP contribution in [0.5, 0.6) is 5.75 Å². The maximum atomic E-state index is 13.8. The zero-order valence-electron chi connectivity index (χ0n) is 15.0. The number of methoxy groups -OCH3 is 1. The number of H-pyrrole nitrogens is 1. The van der Waals surface area contributed by atoms with Crippen molar-refractivity contribution >= 4 is 11.9 Å². The second-order valence-corrected chi connectivity index (χ2v) is 6.72. The Labute approximate surface area is 156 Å². The second kappa shape index (κ2) is 7.23. The van der Waals surface area contributed by atoms with Crippen molar-refractivity contribution in [1.29, 1.82) is 0 Å². The molecule has 0 radical (unpaired) electrons. The van der Waals surface area contributed by atoms with Crippen LogP contribution < -0.4 is 10.1 Å². The Morgan fingerprint density at radius 1 is 1.22 bits per heavy atom. The van der Waals surface area contributed by atoms with Gasteiger partial charge in [-0.25, -0.2) is 9.37 Å². The molecule has 1 aliphatic carbocycles. The number of anilines is 1. The SMILES string of the molecule is COc1ccc(-c2nc(NC(=O)c3ccccc3F)[nH]c2CC2CC2)cc1. The highest BCUT2D eigenvalue weighted by molar-refractivity contribution is 6.03. The van der Waals surface area contributed by atoms with Gasteiger partial charge in [0.05, 0.1) is 18.4 Å². The number of halogens is 1. The minimum absolute atomic E-state index is 0.0105. The summed E-state index contributed by atoms with van der Waals surface area (Å²) in [5.74, 6) is 0.657. The molecule has 0 unspecified atom stereocenters. The number of aromatic nitrogens is 2. The molecule has 0 aliphatic heterocycles. The summed E-state index contributed by atoms with van der Waals surface area (Å²) in [4.78, 5) is 20.1. The first-order valence-corrected chi connectivity index (χ1v) is 8.93. The van der Waals surface area contributed by atoms with Crippen molar-refractivity contribution in [3.8, 4) is 17.0 Å². The third-order valence-electron chi connectivity index (χ3n) is 4.68. The molecule has 2 N–H and O–H groups in total. The van der Waals surface area contributed by atoms with Crippen LogP contribution >= 0.6 is 0 Å². The number of amides is 1. The predicted molar refractivity (Wildman–Crippen MR) is 101 cm³/mol. The van der Waals surface area contributed by atoms with E-state index in [1.807, 2.05) is 24.3 Å². The minimum Gasteiger partial charge on any atom is -0.497 e. The van der Waals surface area contributed by atoms with Crippen molar-refractivity contribution < 1.29 is 13.9 Å². The number of carbonyl (C=O) groups is 1. The zero-order chi connectivity index (χ0) is 18.8. The summed E-state index contributed by atoms with van der Waals surface area (Å²) in [6.45, 7) is 0. The minimum atomic E-state index is -0.560. The Balaban J connectivity index is 1.62. The summed E-state index contributed by atoms with van der Waals surface area (Å²) >= 11 is 0. The highest BCUT2D eigenvalue weighted by Gasteiger charge is 2.25. The van der Waals surface area contributed by atoms with Crippen LogP contribution in [0.2, 0.25) is 0 Å². The molecule has 1 heterocycles. The van der Waals surface area contributed by atoms with Crippen molar-refractivity contribution in [2.75, 3.05) is 12.4 Å². The molecule has 0 bridgehead atoms. The van der Waals surface area contributed by atoms with Crippen LogP contribution in [0.15, 0.2) is 48.5 Å². The molecule has 27 heavy (non-hydrogen) atoms. The monoisotopic (exact) mass is 365 g/mol. The van der Waals surface area contributed by atoms with E-state index in [0.717, 1.165) is 29.1 Å². The lowest BCUT2D eigenvalue weighted by Gasteiger charge is -2.03. The predicted octanol–water partition coefficient (Wildman–Crippen LogP) is 4.43. The van der Waals surface area contributed by atoms with Crippen molar-refractivity contribution in [3.05, 3.63) is 65.6 Å². The summed E-state index contributed by atoms with van der Waals surface area (Å²) in [6, 6.07) is 13.5. The number of hydrogen-bond acceptors (Lipinski definition) is 3. The van der Waals surface area contributed by atoms with Crippen LogP contribution in [0.3, 0.4) is 0 Å². The van der Waals surface area contributed by atoms with Gasteiger partial charge >= 0.3 is 0 Å². The maximum absolute atomic E-state index is 13.8. The first kappa shape index (κ1) is 17.3. The fraction of sp³-hybridized carbons (Fsp3) is 0.238. The Morgan fingerprint density at radius 3 is 2.63 bits per heavy atom.